The van der Waals surface area contributed by atoms with Crippen LogP contribution < -0.4 is 10.5 Å². The Kier molecular flexibility index (Phi) is 3.42. The monoisotopic (exact) mass is 361 g/mol. The number of aliphatic hydroxyl groups excluding tert-OH is 1. The van der Waals surface area contributed by atoms with E-state index < -0.39 is 17.7 Å². The van der Waals surface area contributed by atoms with Crippen molar-refractivity contribution in [3.05, 3.63) is 26.8 Å². The van der Waals surface area contributed by atoms with Crippen LogP contribution in [0.4, 0.5) is 0 Å². The average molecular weight is 361 g/mol. The van der Waals surface area contributed by atoms with Gasteiger partial charge in [0.2, 0.25) is 0 Å². The van der Waals surface area contributed by atoms with Gasteiger partial charge >= 0.3 is 0 Å². The minimum absolute atomic E-state index is 0.0257. The van der Waals surface area contributed by atoms with E-state index in [2.05, 4.69) is 22.6 Å². The molecule has 0 saturated carbocycles. The molecule has 5 heteroatoms. The number of nitrogens with two attached hydrogens (primary N) is 1. The third-order valence-corrected chi connectivity index (χ3v) is 4.06. The first-order valence-electron chi connectivity index (χ1n) is 5.71. The minimum atomic E-state index is -0.803. The van der Waals surface area contributed by atoms with Crippen LogP contribution in [0.25, 0.3) is 0 Å². The molecule has 1 aliphatic rings. The lowest BCUT2D eigenvalue weighted by Crippen LogP contribution is -2.51. The van der Waals surface area contributed by atoms with Crippen LogP contribution in [-0.2, 0) is 0 Å². The Bertz CT molecular complexity index is 513. The molecule has 0 aromatic heterocycles. The molecule has 2 atom stereocenters. The summed E-state index contributed by atoms with van der Waals surface area (Å²) >= 11 is 2.12. The van der Waals surface area contributed by atoms with E-state index in [-0.39, 0.29) is 5.78 Å². The first kappa shape index (κ1) is 13.8. The zero-order valence-electron chi connectivity index (χ0n) is 10.5. The predicted octanol–water partition coefficient (Wildman–Crippen LogP) is 2.03. The van der Waals surface area contributed by atoms with Gasteiger partial charge in [-0.3, -0.25) is 4.79 Å². The Morgan fingerprint density at radius 3 is 2.67 bits per heavy atom. The molecular weight excluding hydrogens is 345 g/mol. The van der Waals surface area contributed by atoms with Crippen molar-refractivity contribution in [2.45, 2.75) is 38.5 Å². The number of ether oxygens (including phenoxy) is 1. The molecule has 0 aliphatic carbocycles. The van der Waals surface area contributed by atoms with E-state index in [4.69, 9.17) is 10.5 Å². The summed E-state index contributed by atoms with van der Waals surface area (Å²) in [4.78, 5) is 11.5. The number of benzene rings is 1. The van der Waals surface area contributed by atoms with Crippen LogP contribution in [0.5, 0.6) is 5.75 Å². The van der Waals surface area contributed by atoms with Gasteiger partial charge < -0.3 is 15.6 Å². The number of hydrogen-bond donors (Lipinski definition) is 2. The Hall–Kier alpha value is -0.660. The van der Waals surface area contributed by atoms with Crippen LogP contribution >= 0.6 is 22.6 Å². The highest BCUT2D eigenvalue weighted by Crippen LogP contribution is 2.41. The maximum Gasteiger partial charge on any atom is 0.159 e. The number of carbonyl (C=O) groups is 1. The molecule has 0 unspecified atom stereocenters. The van der Waals surface area contributed by atoms with Crippen molar-refractivity contribution in [3.8, 4) is 5.75 Å². The second-order valence-electron chi connectivity index (χ2n) is 5.11. The van der Waals surface area contributed by atoms with Gasteiger partial charge in [-0.25, -0.2) is 0 Å². The van der Waals surface area contributed by atoms with Crippen molar-refractivity contribution < 1.29 is 14.6 Å². The van der Waals surface area contributed by atoms with E-state index in [0.717, 1.165) is 3.57 Å². The van der Waals surface area contributed by atoms with Crippen molar-refractivity contribution in [3.63, 3.8) is 0 Å². The molecule has 4 nitrogen and oxygen atoms in total. The highest BCUT2D eigenvalue weighted by Gasteiger charge is 2.42. The number of carbonyl (C=O) groups excluding carboxylic acids is 1. The first-order chi connectivity index (χ1) is 8.24. The van der Waals surface area contributed by atoms with E-state index in [0.29, 0.717) is 16.9 Å². The highest BCUT2D eigenvalue weighted by atomic mass is 127. The van der Waals surface area contributed by atoms with Gasteiger partial charge in [-0.15, -0.1) is 0 Å². The van der Waals surface area contributed by atoms with Gasteiger partial charge in [-0.2, -0.15) is 0 Å². The molecule has 98 valence electrons. The maximum atomic E-state index is 11.5. The van der Waals surface area contributed by atoms with Crippen LogP contribution in [0.3, 0.4) is 0 Å². The van der Waals surface area contributed by atoms with Crippen LogP contribution in [0.15, 0.2) is 12.1 Å². The van der Waals surface area contributed by atoms with Crippen molar-refractivity contribution in [1.82, 2.24) is 0 Å². The third-order valence-electron chi connectivity index (χ3n) is 3.26. The molecule has 1 aliphatic heterocycles. The SMILES string of the molecule is CC(=O)c1cc(I)c2c(c1)[C@H](N)[C@@H](O)C(C)(C)O2. The van der Waals surface area contributed by atoms with E-state index in [1.165, 1.54) is 6.92 Å². The summed E-state index contributed by atoms with van der Waals surface area (Å²) < 4.78 is 6.66. The molecule has 2 rings (SSSR count). The predicted molar refractivity (Wildman–Crippen MR) is 76.8 cm³/mol. The topological polar surface area (TPSA) is 72.6 Å². The Morgan fingerprint density at radius 1 is 1.50 bits per heavy atom. The lowest BCUT2D eigenvalue weighted by atomic mass is 9.86. The fourth-order valence-corrected chi connectivity index (χ4v) is 2.86. The molecule has 0 fully saturated rings. The zero-order chi connectivity index (χ0) is 13.7. The standard InChI is InChI=1S/C13H16INO3/c1-6(16)7-4-8-10(15)12(17)13(2,3)18-11(8)9(14)5-7/h4-5,10,12,17H,15H2,1-3H3/t10-,12+/m0/s1. The molecule has 0 saturated heterocycles. The third kappa shape index (κ3) is 2.15. The molecule has 1 aromatic rings. The lowest BCUT2D eigenvalue weighted by molar-refractivity contribution is -0.0577. The van der Waals surface area contributed by atoms with Gasteiger partial charge in [0.25, 0.3) is 0 Å². The zero-order valence-corrected chi connectivity index (χ0v) is 12.7. The Balaban J connectivity index is 2.61. The number of fused-ring (bicyclic) bond motifs is 1. The summed E-state index contributed by atoms with van der Waals surface area (Å²) in [7, 11) is 0. The second-order valence-corrected chi connectivity index (χ2v) is 6.27. The highest BCUT2D eigenvalue weighted by molar-refractivity contribution is 14.1. The minimum Gasteiger partial charge on any atom is -0.484 e. The number of ketones is 1. The molecule has 1 aromatic carbocycles. The Labute approximate surface area is 120 Å². The van der Waals surface area contributed by atoms with Crippen LogP contribution in [0.1, 0.15) is 42.7 Å². The summed E-state index contributed by atoms with van der Waals surface area (Å²) in [6.45, 7) is 5.11. The average Bonchev–Trinajstić information content (AvgIpc) is 2.27. The molecule has 1 heterocycles. The van der Waals surface area contributed by atoms with E-state index in [9.17, 15) is 9.90 Å². The van der Waals surface area contributed by atoms with Crippen LogP contribution in [0.2, 0.25) is 0 Å². The number of rotatable bonds is 1. The molecule has 18 heavy (non-hydrogen) atoms. The summed E-state index contributed by atoms with van der Waals surface area (Å²) in [5.41, 5.74) is 6.61. The fraction of sp³-hybridized carbons (Fsp3) is 0.462. The molecule has 0 radical (unpaired) electrons. The van der Waals surface area contributed by atoms with Gasteiger partial charge in [-0.05, 0) is 55.5 Å². The summed E-state index contributed by atoms with van der Waals surface area (Å²) in [5.74, 6) is 0.644. The molecule has 0 bridgehead atoms. The molecule has 0 spiro atoms. The van der Waals surface area contributed by atoms with Gasteiger partial charge in [0.05, 0.1) is 9.61 Å². The van der Waals surface area contributed by atoms with Crippen LogP contribution in [-0.4, -0.2) is 22.6 Å². The second kappa shape index (κ2) is 4.47. The van der Waals surface area contributed by atoms with Gasteiger partial charge in [0, 0.05) is 11.1 Å². The van der Waals surface area contributed by atoms with E-state index in [1.807, 2.05) is 0 Å². The summed E-state index contributed by atoms with van der Waals surface area (Å²) in [6, 6.07) is 2.95. The first-order valence-corrected chi connectivity index (χ1v) is 6.79. The normalized spacial score (nSPS) is 25.2. The van der Waals surface area contributed by atoms with Crippen molar-refractivity contribution in [1.29, 1.82) is 0 Å². The number of Topliss-reactive ketones (excluding diaryl/α,β-unsaturated/α-hetero) is 1. The van der Waals surface area contributed by atoms with Crippen molar-refractivity contribution >= 4 is 28.4 Å². The lowest BCUT2D eigenvalue weighted by Gasteiger charge is -2.41. The smallest absolute Gasteiger partial charge is 0.159 e. The number of hydrogen-bond acceptors (Lipinski definition) is 4. The molecule has 3 N–H and O–H groups in total. The Morgan fingerprint density at radius 2 is 2.11 bits per heavy atom. The van der Waals surface area contributed by atoms with Gasteiger partial charge in [0.15, 0.2) is 5.78 Å². The fourth-order valence-electron chi connectivity index (χ4n) is 2.10. The van der Waals surface area contributed by atoms with Crippen molar-refractivity contribution in [2.24, 2.45) is 5.73 Å². The van der Waals surface area contributed by atoms with Gasteiger partial charge in [-0.1, -0.05) is 0 Å². The summed E-state index contributed by atoms with van der Waals surface area (Å²) in [6.07, 6.45) is -0.803. The van der Waals surface area contributed by atoms with Crippen molar-refractivity contribution in [2.75, 3.05) is 0 Å². The number of halogens is 1. The molecule has 0 amide bonds. The summed E-state index contributed by atoms with van der Waals surface area (Å²) in [5, 5.41) is 10.1. The number of aliphatic hydroxyl groups is 1. The molecular formula is C13H16INO3. The van der Waals surface area contributed by atoms with E-state index in [1.54, 1.807) is 26.0 Å². The maximum absolute atomic E-state index is 11.5. The van der Waals surface area contributed by atoms with E-state index >= 15 is 0 Å². The quantitative estimate of drug-likeness (QED) is 0.593. The van der Waals surface area contributed by atoms with Crippen LogP contribution in [0, 0.1) is 3.57 Å². The van der Waals surface area contributed by atoms with Gasteiger partial charge in [0.1, 0.15) is 17.5 Å². The largest absolute Gasteiger partial charge is 0.484 e.